The van der Waals surface area contributed by atoms with E-state index in [9.17, 15) is 24.9 Å². The van der Waals surface area contributed by atoms with Crippen molar-refractivity contribution >= 4 is 17.6 Å². The van der Waals surface area contributed by atoms with Crippen LogP contribution in [0.3, 0.4) is 0 Å². The van der Waals surface area contributed by atoms with Gasteiger partial charge in [-0.15, -0.1) is 0 Å². The molecule has 33 heavy (non-hydrogen) atoms. The fourth-order valence-electron chi connectivity index (χ4n) is 4.13. The first-order valence-electron chi connectivity index (χ1n) is 10.7. The van der Waals surface area contributed by atoms with Gasteiger partial charge in [-0.1, -0.05) is 61.9 Å². The fourth-order valence-corrected chi connectivity index (χ4v) is 4.13. The van der Waals surface area contributed by atoms with Crippen LogP contribution in [0.5, 0.6) is 0 Å². The highest BCUT2D eigenvalue weighted by Crippen LogP contribution is 2.31. The Labute approximate surface area is 190 Å². The summed E-state index contributed by atoms with van der Waals surface area (Å²) in [4.78, 5) is 28.7. The molecule has 0 bridgehead atoms. The molecular formula is C26H24N2O5. The van der Waals surface area contributed by atoms with Gasteiger partial charge >= 0.3 is 11.9 Å². The molecule has 2 heterocycles. The molecule has 2 aromatic heterocycles. The lowest BCUT2D eigenvalue weighted by Gasteiger charge is -2.17. The van der Waals surface area contributed by atoms with Crippen LogP contribution >= 0.6 is 0 Å². The second-order valence-corrected chi connectivity index (χ2v) is 7.94. The van der Waals surface area contributed by atoms with Crippen molar-refractivity contribution in [3.05, 3.63) is 94.4 Å². The van der Waals surface area contributed by atoms with E-state index in [-0.39, 0.29) is 11.3 Å². The van der Waals surface area contributed by atoms with Crippen LogP contribution in [0, 0.1) is 6.92 Å². The highest BCUT2D eigenvalue weighted by Gasteiger charge is 2.25. The van der Waals surface area contributed by atoms with Crippen LogP contribution in [0.15, 0.2) is 60.7 Å². The molecule has 3 N–H and O–H groups in total. The molecule has 2 aromatic carbocycles. The molecule has 4 aromatic rings. The molecule has 0 saturated heterocycles. The minimum atomic E-state index is -1.25. The Hall–Kier alpha value is -3.97. The Morgan fingerprint density at radius 1 is 1.00 bits per heavy atom. The van der Waals surface area contributed by atoms with Crippen molar-refractivity contribution in [1.29, 1.82) is 0 Å². The summed E-state index contributed by atoms with van der Waals surface area (Å²) >= 11 is 0. The van der Waals surface area contributed by atoms with Crippen LogP contribution in [0.25, 0.3) is 16.8 Å². The van der Waals surface area contributed by atoms with Gasteiger partial charge in [0.05, 0.1) is 17.0 Å². The quantitative estimate of drug-likeness (QED) is 0.380. The van der Waals surface area contributed by atoms with Gasteiger partial charge in [0.1, 0.15) is 11.8 Å². The number of pyridine rings is 1. The van der Waals surface area contributed by atoms with Crippen molar-refractivity contribution < 1.29 is 24.9 Å². The summed E-state index contributed by atoms with van der Waals surface area (Å²) < 4.78 is 1.47. The van der Waals surface area contributed by atoms with E-state index >= 15 is 0 Å². The predicted octanol–water partition coefficient (Wildman–Crippen LogP) is 4.74. The van der Waals surface area contributed by atoms with Crippen LogP contribution in [-0.2, 0) is 6.42 Å². The number of aryl methyl sites for hydroxylation is 2. The third-order valence-corrected chi connectivity index (χ3v) is 5.71. The number of aromatic nitrogens is 2. The third-order valence-electron chi connectivity index (χ3n) is 5.71. The molecule has 7 nitrogen and oxygen atoms in total. The molecule has 0 radical (unpaired) electrons. The van der Waals surface area contributed by atoms with Gasteiger partial charge in [0.2, 0.25) is 0 Å². The summed E-state index contributed by atoms with van der Waals surface area (Å²) in [5.41, 5.74) is 3.71. The molecule has 0 aliphatic rings. The summed E-state index contributed by atoms with van der Waals surface area (Å²) in [6.07, 6.45) is -0.0326. The maximum Gasteiger partial charge on any atom is 0.354 e. The van der Waals surface area contributed by atoms with Crippen molar-refractivity contribution in [3.63, 3.8) is 0 Å². The first-order valence-corrected chi connectivity index (χ1v) is 10.7. The minimum Gasteiger partial charge on any atom is -0.478 e. The lowest BCUT2D eigenvalue weighted by Crippen LogP contribution is -2.13. The van der Waals surface area contributed by atoms with Gasteiger partial charge in [-0.05, 0) is 47.7 Å². The van der Waals surface area contributed by atoms with Gasteiger partial charge in [-0.25, -0.2) is 14.6 Å². The molecule has 4 rings (SSSR count). The zero-order chi connectivity index (χ0) is 23.7. The van der Waals surface area contributed by atoms with Gasteiger partial charge in [-0.3, -0.25) is 4.40 Å². The summed E-state index contributed by atoms with van der Waals surface area (Å²) in [5, 5.41) is 31.0. The zero-order valence-corrected chi connectivity index (χ0v) is 18.3. The van der Waals surface area contributed by atoms with Gasteiger partial charge in [0, 0.05) is 0 Å². The number of benzene rings is 2. The monoisotopic (exact) mass is 444 g/mol. The van der Waals surface area contributed by atoms with Crippen LogP contribution < -0.4 is 0 Å². The minimum absolute atomic E-state index is 0.0176. The number of carboxylic acid groups (broad SMARTS) is 2. The predicted molar refractivity (Wildman–Crippen MR) is 124 cm³/mol. The second kappa shape index (κ2) is 8.88. The van der Waals surface area contributed by atoms with Gasteiger partial charge < -0.3 is 15.3 Å². The number of hydrogen-bond acceptors (Lipinski definition) is 4. The molecule has 7 heteroatoms. The Morgan fingerprint density at radius 2 is 1.73 bits per heavy atom. The maximum absolute atomic E-state index is 12.1. The molecule has 0 aliphatic heterocycles. The van der Waals surface area contributed by atoms with Crippen LogP contribution in [0.4, 0.5) is 0 Å². The number of hydrogen-bond donors (Lipinski definition) is 3. The van der Waals surface area contributed by atoms with E-state index < -0.39 is 18.0 Å². The third kappa shape index (κ3) is 3.99. The summed E-state index contributed by atoms with van der Waals surface area (Å²) in [6.45, 7) is 3.77. The zero-order valence-electron chi connectivity index (χ0n) is 18.3. The number of imidazole rings is 1. The number of aliphatic hydroxyl groups excluding tert-OH is 1. The van der Waals surface area contributed by atoms with Crippen LogP contribution in [0.2, 0.25) is 0 Å². The number of carbonyl (C=O) groups is 2. The number of fused-ring (bicyclic) bond motifs is 1. The highest BCUT2D eigenvalue weighted by atomic mass is 16.4. The number of carboxylic acids is 2. The number of aromatic carboxylic acids is 2. The molecule has 0 aliphatic carbocycles. The van der Waals surface area contributed by atoms with Crippen molar-refractivity contribution in [1.82, 2.24) is 9.38 Å². The van der Waals surface area contributed by atoms with E-state index in [4.69, 9.17) is 0 Å². The van der Waals surface area contributed by atoms with Gasteiger partial charge in [0.25, 0.3) is 0 Å². The molecule has 168 valence electrons. The normalized spacial score (nSPS) is 12.1. The van der Waals surface area contributed by atoms with E-state index in [1.807, 2.05) is 44.2 Å². The van der Waals surface area contributed by atoms with Gasteiger partial charge in [0.15, 0.2) is 5.69 Å². The van der Waals surface area contributed by atoms with Gasteiger partial charge in [-0.2, -0.15) is 0 Å². The topological polar surface area (TPSA) is 112 Å². The summed E-state index contributed by atoms with van der Waals surface area (Å²) in [6, 6.07) is 17.3. The lowest BCUT2D eigenvalue weighted by molar-refractivity contribution is 0.0680. The Kier molecular flexibility index (Phi) is 5.98. The Morgan fingerprint density at radius 3 is 2.36 bits per heavy atom. The van der Waals surface area contributed by atoms with Crippen LogP contribution in [0.1, 0.15) is 62.8 Å². The maximum atomic E-state index is 12.1. The summed E-state index contributed by atoms with van der Waals surface area (Å²) in [7, 11) is 0. The molecule has 1 atom stereocenters. The average Bonchev–Trinajstić information content (AvgIpc) is 3.19. The van der Waals surface area contributed by atoms with Crippen molar-refractivity contribution in [2.75, 3.05) is 0 Å². The SMILES string of the molecule is CCCc1nc2c(C)ccc(C(O)c3ccc(-c4ccccc4)c(C(=O)O)c3)n2c1C(=O)O. The van der Waals surface area contributed by atoms with Crippen LogP contribution in [-0.4, -0.2) is 36.6 Å². The molecule has 0 amide bonds. The number of rotatable bonds is 7. The van der Waals surface area contributed by atoms with E-state index in [2.05, 4.69) is 4.98 Å². The standard InChI is InChI=1S/C26H24N2O5/c1-3-7-20-22(26(32)33)28-21(13-10-15(2)24(28)27-20)23(29)17-11-12-18(19(14-17)25(30)31)16-8-5-4-6-9-16/h4-6,8-14,23,29H,3,7H2,1-2H3,(H,30,31)(H,32,33). The average molecular weight is 444 g/mol. The van der Waals surface area contributed by atoms with Crippen molar-refractivity contribution in [2.24, 2.45) is 0 Å². The smallest absolute Gasteiger partial charge is 0.354 e. The highest BCUT2D eigenvalue weighted by molar-refractivity contribution is 5.96. The molecule has 0 fully saturated rings. The Bertz CT molecular complexity index is 1360. The first-order chi connectivity index (χ1) is 15.8. The lowest BCUT2D eigenvalue weighted by atomic mass is 9.95. The first kappa shape index (κ1) is 22.2. The second-order valence-electron chi connectivity index (χ2n) is 7.94. The molecule has 0 saturated carbocycles. The van der Waals surface area contributed by atoms with Crippen molar-refractivity contribution in [2.45, 2.75) is 32.8 Å². The Balaban J connectivity index is 1.89. The summed E-state index contributed by atoms with van der Waals surface area (Å²) in [5.74, 6) is -2.24. The van der Waals surface area contributed by atoms with E-state index in [1.165, 1.54) is 10.5 Å². The molecule has 1 unspecified atom stereocenters. The largest absolute Gasteiger partial charge is 0.478 e. The van der Waals surface area contributed by atoms with E-state index in [0.29, 0.717) is 34.6 Å². The molecular weight excluding hydrogens is 420 g/mol. The van der Waals surface area contributed by atoms with E-state index in [1.54, 1.807) is 24.3 Å². The molecule has 0 spiro atoms. The number of nitrogens with zero attached hydrogens (tertiary/aromatic N) is 2. The fraction of sp³-hybridized carbons (Fsp3) is 0.192. The number of aliphatic hydroxyl groups is 1. The van der Waals surface area contributed by atoms with E-state index in [0.717, 1.165) is 17.5 Å². The van der Waals surface area contributed by atoms with Crippen molar-refractivity contribution in [3.8, 4) is 11.1 Å².